The maximum absolute atomic E-state index is 14.2. The van der Waals surface area contributed by atoms with Gasteiger partial charge in [-0.1, -0.05) is 35.9 Å². The molecule has 0 radical (unpaired) electrons. The number of benzene rings is 2. The van der Waals surface area contributed by atoms with Crippen LogP contribution in [-0.4, -0.2) is 46.5 Å². The van der Waals surface area contributed by atoms with E-state index in [2.05, 4.69) is 0 Å². The number of rotatable bonds is 6. The molecule has 2 atom stereocenters. The van der Waals surface area contributed by atoms with Crippen LogP contribution in [0.4, 0.5) is 9.18 Å². The van der Waals surface area contributed by atoms with Crippen LogP contribution >= 0.6 is 11.6 Å². The van der Waals surface area contributed by atoms with Crippen molar-refractivity contribution in [3.05, 3.63) is 58.9 Å². The molecule has 3 rings (SSSR count). The van der Waals surface area contributed by atoms with Crippen molar-refractivity contribution in [3.63, 3.8) is 0 Å². The molecule has 1 N–H and O–H groups in total. The molecular formula is C25H27ClFNO5. The third-order valence-corrected chi connectivity index (χ3v) is 5.93. The summed E-state index contributed by atoms with van der Waals surface area (Å²) in [7, 11) is 0. The van der Waals surface area contributed by atoms with E-state index >= 15 is 0 Å². The summed E-state index contributed by atoms with van der Waals surface area (Å²) in [5, 5.41) is 10.4. The van der Waals surface area contributed by atoms with Crippen molar-refractivity contribution in [3.8, 4) is 11.1 Å². The first-order valence-corrected chi connectivity index (χ1v) is 11.0. The van der Waals surface area contributed by atoms with Gasteiger partial charge in [-0.3, -0.25) is 4.79 Å². The van der Waals surface area contributed by atoms with Gasteiger partial charge in [0.15, 0.2) is 0 Å². The van der Waals surface area contributed by atoms with Crippen molar-refractivity contribution < 1.29 is 28.6 Å². The Morgan fingerprint density at radius 2 is 1.94 bits per heavy atom. The van der Waals surface area contributed by atoms with Gasteiger partial charge in [0.25, 0.3) is 0 Å². The van der Waals surface area contributed by atoms with Crippen molar-refractivity contribution >= 4 is 29.9 Å². The first-order chi connectivity index (χ1) is 15.5. The number of nitrogens with zero attached hydrogens (tertiary/aromatic N) is 1. The zero-order chi connectivity index (χ0) is 24.4. The predicted octanol–water partition coefficient (Wildman–Crippen LogP) is 4.79. The molecule has 1 aliphatic rings. The molecule has 8 heteroatoms. The Hall–Kier alpha value is -2.77. The van der Waals surface area contributed by atoms with Crippen molar-refractivity contribution in [2.75, 3.05) is 6.61 Å². The van der Waals surface area contributed by atoms with E-state index in [9.17, 15) is 23.9 Å². The van der Waals surface area contributed by atoms with Crippen LogP contribution in [0.3, 0.4) is 0 Å². The van der Waals surface area contributed by atoms with Gasteiger partial charge in [0.1, 0.15) is 17.7 Å². The molecule has 0 aliphatic carbocycles. The Kier molecular flexibility index (Phi) is 7.24. The Labute approximate surface area is 197 Å². The van der Waals surface area contributed by atoms with Crippen LogP contribution in [0.2, 0.25) is 5.02 Å². The van der Waals surface area contributed by atoms with Crippen LogP contribution in [-0.2, 0) is 20.7 Å². The van der Waals surface area contributed by atoms with Crippen molar-refractivity contribution in [1.29, 1.82) is 0 Å². The number of halogens is 2. The minimum atomic E-state index is -1.35. The summed E-state index contributed by atoms with van der Waals surface area (Å²) in [4.78, 5) is 38.2. The van der Waals surface area contributed by atoms with Crippen LogP contribution in [0, 0.1) is 11.2 Å². The second-order valence-corrected chi connectivity index (χ2v) is 9.78. The summed E-state index contributed by atoms with van der Waals surface area (Å²) >= 11 is 5.99. The van der Waals surface area contributed by atoms with E-state index in [1.54, 1.807) is 51.1 Å². The van der Waals surface area contributed by atoms with Crippen LogP contribution in [0.25, 0.3) is 11.1 Å². The highest BCUT2D eigenvalue weighted by Gasteiger charge is 2.54. The second-order valence-electron chi connectivity index (χ2n) is 9.35. The molecule has 0 bridgehead atoms. The van der Waals surface area contributed by atoms with E-state index in [4.69, 9.17) is 16.3 Å². The van der Waals surface area contributed by atoms with Crippen LogP contribution in [0.15, 0.2) is 42.5 Å². The van der Waals surface area contributed by atoms with Gasteiger partial charge in [-0.05, 0) is 62.9 Å². The lowest BCUT2D eigenvalue weighted by Gasteiger charge is -2.28. The normalized spacial score (nSPS) is 20.7. The standard InChI is InChI=1S/C25H27ClFNO5/c1-24(2,3)33-23(32)28-19(14-25(15-30,10-11-29)22(28)31)12-16-4-6-17(7-5-16)20-13-18(26)8-9-21(20)27/h4-9,11,13,19,30H,10,12,14-15H2,1-3H3/t19-,25?/m1/s1. The number of likely N-dealkylation sites (tertiary alicyclic amines) is 1. The van der Waals surface area contributed by atoms with E-state index in [-0.39, 0.29) is 12.8 Å². The Bertz CT molecular complexity index is 1050. The summed E-state index contributed by atoms with van der Waals surface area (Å²) in [6, 6.07) is 10.8. The smallest absolute Gasteiger partial charge is 0.417 e. The van der Waals surface area contributed by atoms with Gasteiger partial charge in [-0.15, -0.1) is 0 Å². The van der Waals surface area contributed by atoms with Crippen molar-refractivity contribution in [1.82, 2.24) is 4.90 Å². The first kappa shape index (κ1) is 24.9. The number of imide groups is 1. The molecule has 2 amide bonds. The average Bonchev–Trinajstić information content (AvgIpc) is 3.01. The molecule has 1 aliphatic heterocycles. The highest BCUT2D eigenvalue weighted by molar-refractivity contribution is 6.30. The summed E-state index contributed by atoms with van der Waals surface area (Å²) in [5.74, 6) is -1.01. The third-order valence-electron chi connectivity index (χ3n) is 5.70. The van der Waals surface area contributed by atoms with Crippen molar-refractivity contribution in [2.24, 2.45) is 5.41 Å². The lowest BCUT2D eigenvalue weighted by Crippen LogP contribution is -2.45. The molecule has 33 heavy (non-hydrogen) atoms. The molecule has 0 spiro atoms. The predicted molar refractivity (Wildman–Crippen MR) is 122 cm³/mol. The fraction of sp³-hybridized carbons (Fsp3) is 0.400. The van der Waals surface area contributed by atoms with E-state index in [1.165, 1.54) is 12.1 Å². The fourth-order valence-corrected chi connectivity index (χ4v) is 4.27. The topological polar surface area (TPSA) is 83.9 Å². The quantitative estimate of drug-likeness (QED) is 0.607. The number of aliphatic hydroxyl groups is 1. The van der Waals surface area contributed by atoms with Gasteiger partial charge >= 0.3 is 6.09 Å². The third kappa shape index (κ3) is 5.42. The molecule has 2 aromatic carbocycles. The number of ether oxygens (including phenoxy) is 1. The van der Waals surface area contributed by atoms with Crippen molar-refractivity contribution in [2.45, 2.75) is 51.7 Å². The number of amides is 2. The summed E-state index contributed by atoms with van der Waals surface area (Å²) in [6.07, 6.45) is 0.00862. The van der Waals surface area contributed by atoms with E-state index in [1.807, 2.05) is 0 Å². The van der Waals surface area contributed by atoms with Gasteiger partial charge in [-0.25, -0.2) is 14.1 Å². The zero-order valence-electron chi connectivity index (χ0n) is 18.8. The Morgan fingerprint density at radius 3 is 2.52 bits per heavy atom. The number of aldehydes is 1. The van der Waals surface area contributed by atoms with Crippen LogP contribution in [0.1, 0.15) is 39.2 Å². The molecule has 1 heterocycles. The lowest BCUT2D eigenvalue weighted by atomic mass is 9.82. The van der Waals surface area contributed by atoms with Gasteiger partial charge in [0, 0.05) is 23.0 Å². The maximum Gasteiger partial charge on any atom is 0.417 e. The zero-order valence-corrected chi connectivity index (χ0v) is 19.6. The number of hydrogen-bond donors (Lipinski definition) is 1. The highest BCUT2D eigenvalue weighted by Crippen LogP contribution is 2.40. The van der Waals surface area contributed by atoms with Crippen LogP contribution in [0.5, 0.6) is 0 Å². The molecule has 1 unspecified atom stereocenters. The van der Waals surface area contributed by atoms with E-state index < -0.39 is 41.5 Å². The first-order valence-electron chi connectivity index (χ1n) is 10.7. The Morgan fingerprint density at radius 1 is 1.27 bits per heavy atom. The van der Waals surface area contributed by atoms with Gasteiger partial charge in [0.2, 0.25) is 5.91 Å². The molecule has 6 nitrogen and oxygen atoms in total. The van der Waals surface area contributed by atoms with E-state index in [0.29, 0.717) is 28.9 Å². The van der Waals surface area contributed by atoms with Gasteiger partial charge in [-0.2, -0.15) is 0 Å². The molecular weight excluding hydrogens is 449 g/mol. The summed E-state index contributed by atoms with van der Waals surface area (Å²) in [5.41, 5.74) is -0.374. The monoisotopic (exact) mass is 475 g/mol. The highest BCUT2D eigenvalue weighted by atomic mass is 35.5. The molecule has 176 valence electrons. The minimum absolute atomic E-state index is 0.130. The molecule has 2 aromatic rings. The van der Waals surface area contributed by atoms with E-state index in [0.717, 1.165) is 10.5 Å². The number of aliphatic hydroxyl groups excluding tert-OH is 1. The maximum atomic E-state index is 14.2. The minimum Gasteiger partial charge on any atom is -0.443 e. The van der Waals surface area contributed by atoms with Gasteiger partial charge in [0.05, 0.1) is 12.0 Å². The molecule has 0 saturated carbocycles. The second kappa shape index (κ2) is 9.61. The Balaban J connectivity index is 1.88. The largest absolute Gasteiger partial charge is 0.443 e. The lowest BCUT2D eigenvalue weighted by molar-refractivity contribution is -0.139. The summed E-state index contributed by atoms with van der Waals surface area (Å²) in [6.45, 7) is 4.53. The number of carbonyl (C=O) groups is 3. The SMILES string of the molecule is CC(C)(C)OC(=O)N1C(=O)C(CO)(CC=O)C[C@H]1Cc1ccc(-c2cc(Cl)ccc2F)cc1. The fourth-order valence-electron chi connectivity index (χ4n) is 4.10. The number of hydrogen-bond acceptors (Lipinski definition) is 5. The van der Waals surface area contributed by atoms with Gasteiger partial charge < -0.3 is 14.6 Å². The average molecular weight is 476 g/mol. The summed E-state index contributed by atoms with van der Waals surface area (Å²) < 4.78 is 19.6. The van der Waals surface area contributed by atoms with Crippen LogP contribution < -0.4 is 0 Å². The number of carbonyl (C=O) groups excluding carboxylic acids is 3. The molecule has 1 saturated heterocycles. The molecule has 0 aromatic heterocycles. The molecule has 1 fully saturated rings.